The average molecular weight is 459 g/mol. The van der Waals surface area contributed by atoms with Gasteiger partial charge >= 0.3 is 5.97 Å². The van der Waals surface area contributed by atoms with Crippen molar-refractivity contribution in [3.05, 3.63) is 65.7 Å². The van der Waals surface area contributed by atoms with Gasteiger partial charge < -0.3 is 10.1 Å². The van der Waals surface area contributed by atoms with E-state index in [9.17, 15) is 18.0 Å². The number of carbonyl (C=O) groups is 2. The molecule has 2 rings (SSSR count). The number of amides is 1. The van der Waals surface area contributed by atoms with Gasteiger partial charge in [0.05, 0.1) is 18.0 Å². The van der Waals surface area contributed by atoms with E-state index in [4.69, 9.17) is 27.9 Å². The largest absolute Gasteiger partial charge is 0.468 e. The zero-order chi connectivity index (χ0) is 21.6. The molecule has 0 aliphatic carbocycles. The van der Waals surface area contributed by atoms with Crippen molar-refractivity contribution in [1.82, 2.24) is 10.0 Å². The Hall–Kier alpha value is -2.13. The van der Waals surface area contributed by atoms with E-state index in [1.54, 1.807) is 42.5 Å². The molecule has 2 atom stereocenters. The number of aryl methyl sites for hydroxylation is 1. The topological polar surface area (TPSA) is 102 Å². The molecule has 7 nitrogen and oxygen atoms in total. The SMILES string of the molecule is COC(=O)C(NS(=O)(=O)c1ccc(C)cc1)C(NC(=O)C(Cl)Cl)c1ccccc1. The summed E-state index contributed by atoms with van der Waals surface area (Å²) in [7, 11) is -2.99. The van der Waals surface area contributed by atoms with Crippen molar-refractivity contribution in [2.24, 2.45) is 0 Å². The van der Waals surface area contributed by atoms with Crippen LogP contribution in [0.1, 0.15) is 17.2 Å². The monoisotopic (exact) mass is 458 g/mol. The van der Waals surface area contributed by atoms with Crippen molar-refractivity contribution in [3.8, 4) is 0 Å². The number of methoxy groups -OCH3 is 1. The van der Waals surface area contributed by atoms with Gasteiger partial charge in [-0.3, -0.25) is 9.59 Å². The van der Waals surface area contributed by atoms with E-state index in [1.165, 1.54) is 12.1 Å². The number of nitrogens with one attached hydrogen (secondary N) is 2. The van der Waals surface area contributed by atoms with E-state index in [-0.39, 0.29) is 4.90 Å². The van der Waals surface area contributed by atoms with Crippen molar-refractivity contribution in [2.75, 3.05) is 7.11 Å². The number of hydrogen-bond acceptors (Lipinski definition) is 5. The van der Waals surface area contributed by atoms with Crippen molar-refractivity contribution in [3.63, 3.8) is 0 Å². The molecule has 10 heteroatoms. The standard InChI is InChI=1S/C19H20Cl2N2O5S/c1-12-8-10-14(11-9-12)29(26,27)23-16(19(25)28-2)15(22-18(24)17(20)21)13-6-4-3-5-7-13/h3-11,15-17,23H,1-2H3,(H,22,24). The predicted octanol–water partition coefficient (Wildman–Crippen LogP) is 2.48. The second-order valence-electron chi connectivity index (χ2n) is 6.13. The summed E-state index contributed by atoms with van der Waals surface area (Å²) < 4.78 is 32.8. The summed E-state index contributed by atoms with van der Waals surface area (Å²) in [6.07, 6.45) is 0. The third-order valence-electron chi connectivity index (χ3n) is 4.06. The highest BCUT2D eigenvalue weighted by Crippen LogP contribution is 2.22. The van der Waals surface area contributed by atoms with Crippen LogP contribution < -0.4 is 10.0 Å². The average Bonchev–Trinajstić information content (AvgIpc) is 2.70. The van der Waals surface area contributed by atoms with Gasteiger partial charge in [0, 0.05) is 0 Å². The first kappa shape index (κ1) is 23.2. The summed E-state index contributed by atoms with van der Waals surface area (Å²) >= 11 is 11.2. The molecule has 0 saturated carbocycles. The van der Waals surface area contributed by atoms with E-state index in [0.29, 0.717) is 5.56 Å². The Balaban J connectivity index is 2.46. The van der Waals surface area contributed by atoms with Crippen LogP contribution in [0.2, 0.25) is 0 Å². The second kappa shape index (κ2) is 10.1. The van der Waals surface area contributed by atoms with Gasteiger partial charge in [-0.15, -0.1) is 0 Å². The molecule has 2 aromatic rings. The van der Waals surface area contributed by atoms with E-state index >= 15 is 0 Å². The fourth-order valence-corrected chi connectivity index (χ4v) is 3.89. The van der Waals surface area contributed by atoms with Crippen LogP contribution in [-0.4, -0.2) is 38.3 Å². The second-order valence-corrected chi connectivity index (χ2v) is 8.94. The molecule has 0 aliphatic rings. The lowest BCUT2D eigenvalue weighted by Crippen LogP contribution is -2.51. The third-order valence-corrected chi connectivity index (χ3v) is 5.91. The highest BCUT2D eigenvalue weighted by molar-refractivity contribution is 7.89. The fraction of sp³-hybridized carbons (Fsp3) is 0.263. The molecule has 0 saturated heterocycles. The number of alkyl halides is 2. The van der Waals surface area contributed by atoms with Crippen LogP contribution in [-0.2, 0) is 24.3 Å². The van der Waals surface area contributed by atoms with Crippen molar-refractivity contribution < 1.29 is 22.7 Å². The van der Waals surface area contributed by atoms with E-state index in [1.807, 2.05) is 6.92 Å². The van der Waals surface area contributed by atoms with Crippen LogP contribution in [0, 0.1) is 6.92 Å². The third kappa shape index (κ3) is 6.17. The molecule has 0 bridgehead atoms. The number of esters is 1. The van der Waals surface area contributed by atoms with Crippen LogP contribution in [0.15, 0.2) is 59.5 Å². The molecular weight excluding hydrogens is 439 g/mol. The lowest BCUT2D eigenvalue weighted by Gasteiger charge is -2.27. The van der Waals surface area contributed by atoms with Gasteiger partial charge in [0.1, 0.15) is 6.04 Å². The fourth-order valence-electron chi connectivity index (χ4n) is 2.57. The molecule has 2 unspecified atom stereocenters. The summed E-state index contributed by atoms with van der Waals surface area (Å²) in [6, 6.07) is 11.8. The molecule has 0 aromatic heterocycles. The van der Waals surface area contributed by atoms with Gasteiger partial charge in [0.2, 0.25) is 10.0 Å². The normalized spacial score (nSPS) is 13.6. The van der Waals surface area contributed by atoms with E-state index in [2.05, 4.69) is 10.0 Å². The van der Waals surface area contributed by atoms with Gasteiger partial charge in [0.25, 0.3) is 5.91 Å². The number of carbonyl (C=O) groups excluding carboxylic acids is 2. The van der Waals surface area contributed by atoms with Crippen molar-refractivity contribution >= 4 is 45.1 Å². The molecule has 2 aromatic carbocycles. The molecule has 0 radical (unpaired) electrons. The lowest BCUT2D eigenvalue weighted by atomic mass is 10.00. The number of ether oxygens (including phenoxy) is 1. The quantitative estimate of drug-likeness (QED) is 0.467. The Labute approximate surface area is 179 Å². The summed E-state index contributed by atoms with van der Waals surface area (Å²) in [4.78, 5) is 23.1. The first-order valence-electron chi connectivity index (χ1n) is 8.46. The Morgan fingerprint density at radius 1 is 1.00 bits per heavy atom. The summed E-state index contributed by atoms with van der Waals surface area (Å²) in [5.41, 5.74) is 1.33. The maximum absolute atomic E-state index is 12.8. The van der Waals surface area contributed by atoms with Gasteiger partial charge in [-0.25, -0.2) is 8.42 Å². The first-order valence-corrected chi connectivity index (χ1v) is 10.8. The zero-order valence-corrected chi connectivity index (χ0v) is 18.0. The van der Waals surface area contributed by atoms with Crippen LogP contribution in [0.25, 0.3) is 0 Å². The minimum Gasteiger partial charge on any atom is -0.468 e. The van der Waals surface area contributed by atoms with Crippen LogP contribution in [0.4, 0.5) is 0 Å². The highest BCUT2D eigenvalue weighted by atomic mass is 35.5. The molecule has 2 N–H and O–H groups in total. The molecule has 29 heavy (non-hydrogen) atoms. The Morgan fingerprint density at radius 3 is 2.10 bits per heavy atom. The summed E-state index contributed by atoms with van der Waals surface area (Å²) in [6.45, 7) is 1.82. The van der Waals surface area contributed by atoms with Crippen LogP contribution in [0.3, 0.4) is 0 Å². The predicted molar refractivity (Wildman–Crippen MR) is 110 cm³/mol. The summed E-state index contributed by atoms with van der Waals surface area (Å²) in [5.74, 6) is -1.68. The lowest BCUT2D eigenvalue weighted by molar-refractivity contribution is -0.143. The van der Waals surface area contributed by atoms with Gasteiger partial charge in [0.15, 0.2) is 4.84 Å². The molecule has 0 spiro atoms. The molecule has 0 fully saturated rings. The Bertz CT molecular complexity index is 950. The molecule has 0 aliphatic heterocycles. The highest BCUT2D eigenvalue weighted by Gasteiger charge is 2.36. The number of benzene rings is 2. The number of halogens is 2. The van der Waals surface area contributed by atoms with E-state index in [0.717, 1.165) is 12.7 Å². The molecule has 156 valence electrons. The molecule has 1 amide bonds. The number of hydrogen-bond donors (Lipinski definition) is 2. The maximum atomic E-state index is 12.8. The number of rotatable bonds is 8. The van der Waals surface area contributed by atoms with Gasteiger partial charge in [-0.05, 0) is 24.6 Å². The minimum atomic E-state index is -4.11. The van der Waals surface area contributed by atoms with Crippen LogP contribution >= 0.6 is 23.2 Å². The van der Waals surface area contributed by atoms with E-state index < -0.39 is 38.8 Å². The number of sulfonamides is 1. The smallest absolute Gasteiger partial charge is 0.326 e. The first-order chi connectivity index (χ1) is 13.7. The van der Waals surface area contributed by atoms with Gasteiger partial charge in [-0.1, -0.05) is 71.2 Å². The van der Waals surface area contributed by atoms with Crippen molar-refractivity contribution in [1.29, 1.82) is 0 Å². The maximum Gasteiger partial charge on any atom is 0.326 e. The molecule has 0 heterocycles. The zero-order valence-electron chi connectivity index (χ0n) is 15.6. The Morgan fingerprint density at radius 2 is 1.59 bits per heavy atom. The van der Waals surface area contributed by atoms with Gasteiger partial charge in [-0.2, -0.15) is 4.72 Å². The summed E-state index contributed by atoms with van der Waals surface area (Å²) in [5, 5.41) is 2.50. The van der Waals surface area contributed by atoms with Crippen molar-refractivity contribution in [2.45, 2.75) is 28.7 Å². The van der Waals surface area contributed by atoms with Crippen LogP contribution in [0.5, 0.6) is 0 Å². The Kier molecular flexibility index (Phi) is 8.04. The minimum absolute atomic E-state index is 0.0392. The molecular formula is C19H20Cl2N2O5S.